The number of unbranched alkanes of at least 4 members (excludes halogenated alkanes) is 8. The van der Waals surface area contributed by atoms with Crippen LogP contribution in [0.25, 0.3) is 0 Å². The maximum Gasteiger partial charge on any atom is 0.0579 e. The van der Waals surface area contributed by atoms with Gasteiger partial charge in [0.2, 0.25) is 0 Å². The van der Waals surface area contributed by atoms with Crippen molar-refractivity contribution in [1.29, 1.82) is 0 Å². The molecule has 0 amide bonds. The molecule has 0 saturated carbocycles. The maximum atomic E-state index is 9.66. The molecule has 0 radical (unpaired) electrons. The van der Waals surface area contributed by atoms with Crippen molar-refractivity contribution in [2.75, 3.05) is 0 Å². The average molecular weight is 287 g/mol. The van der Waals surface area contributed by atoms with Crippen molar-refractivity contribution in [3.05, 3.63) is 0 Å². The molecule has 3 atom stereocenters. The summed E-state index contributed by atoms with van der Waals surface area (Å²) in [6.07, 6.45) is 11.5. The van der Waals surface area contributed by atoms with Gasteiger partial charge in [-0.2, -0.15) is 0 Å². The Hall–Kier alpha value is -0.120. The predicted molar refractivity (Wildman–Crippen MR) is 86.7 cm³/mol. The van der Waals surface area contributed by atoms with Crippen molar-refractivity contribution < 1.29 is 10.2 Å². The third kappa shape index (κ3) is 9.73. The second-order valence-corrected chi connectivity index (χ2v) is 6.34. The molecule has 122 valence electrons. The minimum atomic E-state index is -0.538. The number of hydrogen-bond donors (Lipinski definition) is 3. The molecule has 0 aromatic rings. The van der Waals surface area contributed by atoms with E-state index in [1.807, 2.05) is 0 Å². The van der Waals surface area contributed by atoms with Crippen LogP contribution in [0.15, 0.2) is 0 Å². The van der Waals surface area contributed by atoms with Crippen LogP contribution in [0.5, 0.6) is 0 Å². The van der Waals surface area contributed by atoms with Crippen molar-refractivity contribution in [3.8, 4) is 0 Å². The molecule has 20 heavy (non-hydrogen) atoms. The van der Waals surface area contributed by atoms with E-state index < -0.39 is 12.2 Å². The summed E-state index contributed by atoms with van der Waals surface area (Å²) >= 11 is 0. The summed E-state index contributed by atoms with van der Waals surface area (Å²) in [5.74, 6) is -0.205. The molecular formula is C17H37NO2. The first kappa shape index (κ1) is 19.9. The largest absolute Gasteiger partial charge is 0.393 e. The molecule has 3 nitrogen and oxygen atoms in total. The fourth-order valence-electron chi connectivity index (χ4n) is 3.00. The van der Waals surface area contributed by atoms with Gasteiger partial charge >= 0.3 is 0 Å². The second-order valence-electron chi connectivity index (χ2n) is 6.34. The van der Waals surface area contributed by atoms with Crippen LogP contribution in [0.1, 0.15) is 85.0 Å². The van der Waals surface area contributed by atoms with E-state index in [1.165, 1.54) is 51.4 Å². The van der Waals surface area contributed by atoms with Gasteiger partial charge in [0.25, 0.3) is 0 Å². The Morgan fingerprint density at radius 2 is 1.15 bits per heavy atom. The van der Waals surface area contributed by atoms with Crippen LogP contribution in [0.2, 0.25) is 0 Å². The zero-order valence-corrected chi connectivity index (χ0v) is 13.9. The lowest BCUT2D eigenvalue weighted by Crippen LogP contribution is -2.43. The molecule has 3 unspecified atom stereocenters. The molecule has 0 aliphatic heterocycles. The van der Waals surface area contributed by atoms with E-state index >= 15 is 0 Å². The van der Waals surface area contributed by atoms with E-state index in [0.29, 0.717) is 0 Å². The van der Waals surface area contributed by atoms with Gasteiger partial charge in [-0.25, -0.2) is 0 Å². The third-order valence-electron chi connectivity index (χ3n) is 4.25. The highest BCUT2D eigenvalue weighted by Crippen LogP contribution is 2.18. The van der Waals surface area contributed by atoms with Crippen LogP contribution in [0.3, 0.4) is 0 Å². The summed E-state index contributed by atoms with van der Waals surface area (Å²) < 4.78 is 0. The Kier molecular flexibility index (Phi) is 12.5. The number of hydrogen-bond acceptors (Lipinski definition) is 3. The first-order chi connectivity index (χ1) is 9.50. The zero-order chi connectivity index (χ0) is 15.4. The van der Waals surface area contributed by atoms with E-state index in [0.717, 1.165) is 12.8 Å². The Bertz CT molecular complexity index is 199. The van der Waals surface area contributed by atoms with Crippen LogP contribution in [-0.4, -0.2) is 28.5 Å². The lowest BCUT2D eigenvalue weighted by molar-refractivity contribution is 0.0159. The monoisotopic (exact) mass is 287 g/mol. The number of aliphatic hydroxyl groups is 2. The van der Waals surface area contributed by atoms with Gasteiger partial charge in [0, 0.05) is 12.0 Å². The molecule has 0 heterocycles. The van der Waals surface area contributed by atoms with E-state index in [-0.39, 0.29) is 12.0 Å². The Morgan fingerprint density at radius 3 is 1.55 bits per heavy atom. The highest BCUT2D eigenvalue weighted by Gasteiger charge is 2.26. The van der Waals surface area contributed by atoms with Gasteiger partial charge in [0.05, 0.1) is 12.2 Å². The molecule has 0 fully saturated rings. The second kappa shape index (κ2) is 12.6. The number of rotatable bonds is 13. The van der Waals surface area contributed by atoms with Crippen LogP contribution in [0.4, 0.5) is 0 Å². The smallest absolute Gasteiger partial charge is 0.0579 e. The summed E-state index contributed by atoms with van der Waals surface area (Å²) in [7, 11) is 0. The van der Waals surface area contributed by atoms with Gasteiger partial charge in [-0.1, -0.05) is 64.7 Å². The zero-order valence-electron chi connectivity index (χ0n) is 13.9. The van der Waals surface area contributed by atoms with E-state index in [9.17, 15) is 10.2 Å². The normalized spacial score (nSPS) is 17.7. The molecule has 4 N–H and O–H groups in total. The molecule has 0 aliphatic carbocycles. The summed E-state index contributed by atoms with van der Waals surface area (Å²) in [5, 5.41) is 19.3. The first-order valence-electron chi connectivity index (χ1n) is 8.62. The molecule has 0 spiro atoms. The highest BCUT2D eigenvalue weighted by molar-refractivity contribution is 4.81. The van der Waals surface area contributed by atoms with Crippen LogP contribution in [-0.2, 0) is 0 Å². The van der Waals surface area contributed by atoms with Crippen LogP contribution in [0, 0.1) is 5.92 Å². The van der Waals surface area contributed by atoms with Gasteiger partial charge in [0.1, 0.15) is 0 Å². The van der Waals surface area contributed by atoms with E-state index in [1.54, 1.807) is 13.8 Å². The van der Waals surface area contributed by atoms with Crippen molar-refractivity contribution >= 4 is 0 Å². The molecular weight excluding hydrogens is 250 g/mol. The summed E-state index contributed by atoms with van der Waals surface area (Å²) in [5.41, 5.74) is 6.10. The fourth-order valence-corrected chi connectivity index (χ4v) is 3.00. The topological polar surface area (TPSA) is 66.5 Å². The molecule has 0 saturated heterocycles. The minimum absolute atomic E-state index is 0.0976. The average Bonchev–Trinajstić information content (AvgIpc) is 2.36. The lowest BCUT2D eigenvalue weighted by Gasteiger charge is -2.28. The molecule has 3 heteroatoms. The molecule has 0 bridgehead atoms. The maximum absolute atomic E-state index is 9.66. The van der Waals surface area contributed by atoms with Crippen molar-refractivity contribution in [2.45, 2.75) is 103 Å². The fraction of sp³-hybridized carbons (Fsp3) is 1.00. The first-order valence-corrected chi connectivity index (χ1v) is 8.62. The molecule has 0 aromatic heterocycles. The Morgan fingerprint density at radius 1 is 0.750 bits per heavy atom. The predicted octanol–water partition coefficient (Wildman–Crippen LogP) is 3.61. The quantitative estimate of drug-likeness (QED) is 0.453. The minimum Gasteiger partial charge on any atom is -0.393 e. The van der Waals surface area contributed by atoms with Gasteiger partial charge in [0.15, 0.2) is 0 Å². The van der Waals surface area contributed by atoms with E-state index in [4.69, 9.17) is 5.73 Å². The van der Waals surface area contributed by atoms with Crippen LogP contribution < -0.4 is 5.73 Å². The summed E-state index contributed by atoms with van der Waals surface area (Å²) in [6.45, 7) is 5.68. The number of nitrogens with two attached hydrogens (primary N) is 1. The molecule has 0 aliphatic rings. The van der Waals surface area contributed by atoms with Crippen molar-refractivity contribution in [2.24, 2.45) is 11.7 Å². The third-order valence-corrected chi connectivity index (χ3v) is 4.25. The van der Waals surface area contributed by atoms with Crippen molar-refractivity contribution in [1.82, 2.24) is 0 Å². The van der Waals surface area contributed by atoms with Gasteiger partial charge < -0.3 is 15.9 Å². The lowest BCUT2D eigenvalue weighted by atomic mass is 9.87. The van der Waals surface area contributed by atoms with Gasteiger partial charge in [-0.05, 0) is 20.3 Å². The Balaban J connectivity index is 3.54. The summed E-state index contributed by atoms with van der Waals surface area (Å²) in [4.78, 5) is 0. The van der Waals surface area contributed by atoms with Crippen molar-refractivity contribution in [3.63, 3.8) is 0 Å². The van der Waals surface area contributed by atoms with Gasteiger partial charge in [-0.15, -0.1) is 0 Å². The van der Waals surface area contributed by atoms with E-state index in [2.05, 4.69) is 6.92 Å². The van der Waals surface area contributed by atoms with Crippen LogP contribution >= 0.6 is 0 Å². The SMILES string of the molecule is CCCCCCCCCCCC(N)C(C(C)O)C(C)O. The molecule has 0 aromatic carbocycles. The van der Waals surface area contributed by atoms with Gasteiger partial charge in [-0.3, -0.25) is 0 Å². The summed E-state index contributed by atoms with van der Waals surface area (Å²) in [6, 6.07) is -0.0976. The molecule has 0 rings (SSSR count). The Labute approximate surface area is 126 Å². The standard InChI is InChI=1S/C17H37NO2/c1-4-5-6-7-8-9-10-11-12-13-16(18)17(14(2)19)15(3)20/h14-17,19-20H,4-13,18H2,1-3H3. The number of aliphatic hydroxyl groups excluding tert-OH is 2. The highest BCUT2D eigenvalue weighted by atomic mass is 16.3.